The number of hydrogen-bond donors (Lipinski definition) is 2. The lowest BCUT2D eigenvalue weighted by Crippen LogP contribution is -2.44. The molecule has 5 heteroatoms. The third-order valence-corrected chi connectivity index (χ3v) is 4.52. The molecular weight excluding hydrogens is 292 g/mol. The second-order valence-electron chi connectivity index (χ2n) is 6.57. The van der Waals surface area contributed by atoms with E-state index < -0.39 is 11.8 Å². The first-order valence-corrected chi connectivity index (χ1v) is 8.24. The van der Waals surface area contributed by atoms with Crippen molar-refractivity contribution >= 4 is 17.5 Å². The summed E-state index contributed by atoms with van der Waals surface area (Å²) in [5.74, 6) is -0.561. The number of piperidine rings is 1. The Kier molecular flexibility index (Phi) is 5.77. The summed E-state index contributed by atoms with van der Waals surface area (Å²) in [6, 6.07) is 5.87. The number of benzene rings is 1. The van der Waals surface area contributed by atoms with Crippen LogP contribution in [-0.2, 0) is 9.59 Å². The van der Waals surface area contributed by atoms with E-state index in [9.17, 15) is 9.59 Å². The summed E-state index contributed by atoms with van der Waals surface area (Å²) in [5.41, 5.74) is 2.73. The van der Waals surface area contributed by atoms with Crippen molar-refractivity contribution in [1.82, 2.24) is 4.90 Å². The summed E-state index contributed by atoms with van der Waals surface area (Å²) in [5, 5.41) is 12.0. The van der Waals surface area contributed by atoms with E-state index in [0.29, 0.717) is 13.1 Å². The van der Waals surface area contributed by atoms with Gasteiger partial charge in [0.1, 0.15) is 0 Å². The van der Waals surface area contributed by atoms with Gasteiger partial charge in [0.05, 0.1) is 0 Å². The topological polar surface area (TPSA) is 69.6 Å². The van der Waals surface area contributed by atoms with Gasteiger partial charge in [0.15, 0.2) is 0 Å². The van der Waals surface area contributed by atoms with Gasteiger partial charge in [-0.05, 0) is 42.7 Å². The smallest absolute Gasteiger partial charge is 0.313 e. The molecule has 2 N–H and O–H groups in total. The molecule has 1 aromatic carbocycles. The van der Waals surface area contributed by atoms with Crippen LogP contribution in [0.15, 0.2) is 18.2 Å². The maximum atomic E-state index is 12.3. The molecule has 1 aromatic rings. The van der Waals surface area contributed by atoms with Crippen LogP contribution in [-0.4, -0.2) is 41.5 Å². The van der Waals surface area contributed by atoms with E-state index >= 15 is 0 Å². The highest BCUT2D eigenvalue weighted by atomic mass is 16.3. The molecule has 1 fully saturated rings. The minimum atomic E-state index is -0.580. The number of aliphatic hydroxyl groups is 1. The monoisotopic (exact) mass is 318 g/mol. The van der Waals surface area contributed by atoms with Crippen LogP contribution in [0.5, 0.6) is 0 Å². The Morgan fingerprint density at radius 1 is 1.30 bits per heavy atom. The van der Waals surface area contributed by atoms with Gasteiger partial charge in [-0.2, -0.15) is 0 Å². The summed E-state index contributed by atoms with van der Waals surface area (Å²) >= 11 is 0. The average Bonchev–Trinajstić information content (AvgIpc) is 2.55. The number of para-hydroxylation sites is 1. The maximum Gasteiger partial charge on any atom is 0.313 e. The molecule has 126 valence electrons. The number of hydrogen-bond acceptors (Lipinski definition) is 3. The third kappa shape index (κ3) is 4.10. The second-order valence-corrected chi connectivity index (χ2v) is 6.57. The van der Waals surface area contributed by atoms with Crippen LogP contribution in [0.4, 0.5) is 5.69 Å². The zero-order valence-electron chi connectivity index (χ0n) is 14.1. The normalized spacial score (nSPS) is 15.8. The van der Waals surface area contributed by atoms with E-state index in [1.807, 2.05) is 25.1 Å². The van der Waals surface area contributed by atoms with Gasteiger partial charge in [-0.15, -0.1) is 0 Å². The molecule has 0 bridgehead atoms. The van der Waals surface area contributed by atoms with Crippen molar-refractivity contribution in [3.63, 3.8) is 0 Å². The van der Waals surface area contributed by atoms with Crippen molar-refractivity contribution in [1.29, 1.82) is 0 Å². The number of rotatable bonds is 3. The van der Waals surface area contributed by atoms with Crippen molar-refractivity contribution in [2.75, 3.05) is 25.0 Å². The van der Waals surface area contributed by atoms with Crippen molar-refractivity contribution in [3.05, 3.63) is 29.3 Å². The summed E-state index contributed by atoms with van der Waals surface area (Å²) in [7, 11) is 0. The SMILES string of the molecule is Cc1cccc(C(C)C)c1NC(=O)C(=O)N1CCC(CO)CC1. The van der Waals surface area contributed by atoms with Crippen molar-refractivity contribution in [2.45, 2.75) is 39.5 Å². The first-order chi connectivity index (χ1) is 10.9. The average molecular weight is 318 g/mol. The van der Waals surface area contributed by atoms with Crippen LogP contribution in [0.3, 0.4) is 0 Å². The number of nitrogens with one attached hydrogen (secondary N) is 1. The number of aliphatic hydroxyl groups excluding tert-OH is 1. The van der Waals surface area contributed by atoms with Crippen LogP contribution < -0.4 is 5.32 Å². The molecule has 1 aliphatic rings. The van der Waals surface area contributed by atoms with E-state index in [-0.39, 0.29) is 18.4 Å². The molecule has 0 saturated carbocycles. The highest BCUT2D eigenvalue weighted by molar-refractivity contribution is 6.39. The fourth-order valence-electron chi connectivity index (χ4n) is 2.97. The van der Waals surface area contributed by atoms with Gasteiger partial charge in [-0.1, -0.05) is 32.0 Å². The van der Waals surface area contributed by atoms with Crippen LogP contribution >= 0.6 is 0 Å². The van der Waals surface area contributed by atoms with Crippen LogP contribution in [0.1, 0.15) is 43.7 Å². The van der Waals surface area contributed by atoms with Gasteiger partial charge >= 0.3 is 11.8 Å². The van der Waals surface area contributed by atoms with E-state index in [0.717, 1.165) is 29.7 Å². The molecule has 1 saturated heterocycles. The van der Waals surface area contributed by atoms with Gasteiger partial charge in [0, 0.05) is 25.4 Å². The number of likely N-dealkylation sites (tertiary alicyclic amines) is 1. The lowest BCUT2D eigenvalue weighted by atomic mass is 9.97. The molecule has 0 atom stereocenters. The largest absolute Gasteiger partial charge is 0.396 e. The molecule has 0 radical (unpaired) electrons. The van der Waals surface area contributed by atoms with Gasteiger partial charge in [0.25, 0.3) is 0 Å². The zero-order chi connectivity index (χ0) is 17.0. The minimum absolute atomic E-state index is 0.148. The number of carbonyl (C=O) groups is 2. The van der Waals surface area contributed by atoms with E-state index in [1.165, 1.54) is 0 Å². The van der Waals surface area contributed by atoms with Gasteiger partial charge in [-0.25, -0.2) is 0 Å². The molecule has 1 heterocycles. The van der Waals surface area contributed by atoms with Crippen molar-refractivity contribution in [2.24, 2.45) is 5.92 Å². The molecule has 0 unspecified atom stereocenters. The van der Waals surface area contributed by atoms with Gasteiger partial charge < -0.3 is 15.3 Å². The fourth-order valence-corrected chi connectivity index (χ4v) is 2.97. The molecular formula is C18H26N2O3. The fraction of sp³-hybridized carbons (Fsp3) is 0.556. The third-order valence-electron chi connectivity index (χ3n) is 4.52. The molecule has 5 nitrogen and oxygen atoms in total. The number of aryl methyl sites for hydroxylation is 1. The van der Waals surface area contributed by atoms with Gasteiger partial charge in [-0.3, -0.25) is 9.59 Å². The highest BCUT2D eigenvalue weighted by Gasteiger charge is 2.27. The van der Waals surface area contributed by atoms with Crippen molar-refractivity contribution in [3.8, 4) is 0 Å². The highest BCUT2D eigenvalue weighted by Crippen LogP contribution is 2.27. The molecule has 0 spiro atoms. The first kappa shape index (κ1) is 17.5. The quantitative estimate of drug-likeness (QED) is 0.840. The molecule has 1 aliphatic heterocycles. The van der Waals surface area contributed by atoms with Crippen molar-refractivity contribution < 1.29 is 14.7 Å². The Bertz CT molecular complexity index is 576. The van der Waals surface area contributed by atoms with E-state index in [4.69, 9.17) is 5.11 Å². The van der Waals surface area contributed by atoms with Crippen LogP contribution in [0.2, 0.25) is 0 Å². The number of anilines is 1. The molecule has 2 rings (SSSR count). The predicted octanol–water partition coefficient (Wildman–Crippen LogP) is 2.29. The minimum Gasteiger partial charge on any atom is -0.396 e. The summed E-state index contributed by atoms with van der Waals surface area (Å²) in [6.07, 6.45) is 1.49. The summed E-state index contributed by atoms with van der Waals surface area (Å²) in [4.78, 5) is 26.3. The summed E-state index contributed by atoms with van der Waals surface area (Å²) < 4.78 is 0. The Morgan fingerprint density at radius 3 is 2.52 bits per heavy atom. The number of carbonyl (C=O) groups excluding carboxylic acids is 2. The van der Waals surface area contributed by atoms with E-state index in [1.54, 1.807) is 4.90 Å². The maximum absolute atomic E-state index is 12.3. The number of nitrogens with zero attached hydrogens (tertiary/aromatic N) is 1. The Morgan fingerprint density at radius 2 is 1.96 bits per heavy atom. The molecule has 0 aliphatic carbocycles. The van der Waals surface area contributed by atoms with Gasteiger partial charge in [0.2, 0.25) is 0 Å². The standard InChI is InChI=1S/C18H26N2O3/c1-12(2)15-6-4-5-13(3)16(15)19-17(22)18(23)20-9-7-14(11-21)8-10-20/h4-6,12,14,21H,7-11H2,1-3H3,(H,19,22). The zero-order valence-corrected chi connectivity index (χ0v) is 14.1. The molecule has 2 amide bonds. The second kappa shape index (κ2) is 7.59. The van der Waals surface area contributed by atoms with Crippen LogP contribution in [0.25, 0.3) is 0 Å². The molecule has 0 aromatic heterocycles. The van der Waals surface area contributed by atoms with E-state index in [2.05, 4.69) is 19.2 Å². The predicted molar refractivity (Wildman–Crippen MR) is 90.3 cm³/mol. The Labute approximate surface area is 137 Å². The lowest BCUT2D eigenvalue weighted by Gasteiger charge is -2.30. The lowest BCUT2D eigenvalue weighted by molar-refractivity contribution is -0.144. The number of amides is 2. The molecule has 23 heavy (non-hydrogen) atoms. The van der Waals surface area contributed by atoms with Crippen LogP contribution in [0, 0.1) is 12.8 Å². The Hall–Kier alpha value is -1.88. The summed E-state index contributed by atoms with van der Waals surface area (Å²) in [6.45, 7) is 7.26. The Balaban J connectivity index is 2.06. The first-order valence-electron chi connectivity index (χ1n) is 8.24.